The molecule has 1 aliphatic heterocycles. The Kier molecular flexibility index (Phi) is 9.34. The first-order valence-corrected chi connectivity index (χ1v) is 14.9. The van der Waals surface area contributed by atoms with Gasteiger partial charge in [-0.2, -0.15) is 10.4 Å². The minimum atomic E-state index is -2.79. The molecule has 2 atom stereocenters. The highest BCUT2D eigenvalue weighted by Gasteiger charge is 2.45. The summed E-state index contributed by atoms with van der Waals surface area (Å²) < 4.78 is 27.9. The van der Waals surface area contributed by atoms with Gasteiger partial charge in [0.25, 0.3) is 5.91 Å². The first-order chi connectivity index (χ1) is 21.7. The van der Waals surface area contributed by atoms with Crippen LogP contribution in [0.4, 0.5) is 20.3 Å². The number of aromatic nitrogens is 3. The first-order valence-electron chi connectivity index (χ1n) is 14.5. The Labute approximate surface area is 269 Å². The van der Waals surface area contributed by atoms with Gasteiger partial charge in [-0.1, -0.05) is 49.4 Å². The van der Waals surface area contributed by atoms with Gasteiger partial charge in [-0.15, -0.1) is 0 Å². The first kappa shape index (κ1) is 32.5. The number of nitriles is 1. The number of carbonyl (C=O) groups excluding carboxylic acids is 3. The van der Waals surface area contributed by atoms with Crippen LogP contribution < -0.4 is 15.1 Å². The zero-order valence-corrected chi connectivity index (χ0v) is 24.7. The van der Waals surface area contributed by atoms with Gasteiger partial charge in [0.2, 0.25) is 17.7 Å². The molecule has 0 spiro atoms. The Hall–Kier alpha value is -4.89. The van der Waals surface area contributed by atoms with Gasteiger partial charge in [0, 0.05) is 47.5 Å². The summed E-state index contributed by atoms with van der Waals surface area (Å²) in [6.45, 7) is 0. The van der Waals surface area contributed by atoms with Crippen LogP contribution in [-0.2, 0) is 14.4 Å². The van der Waals surface area contributed by atoms with E-state index in [0.717, 1.165) is 0 Å². The largest absolute Gasteiger partial charge is 0.351 e. The maximum absolute atomic E-state index is 14.9. The van der Waals surface area contributed by atoms with Crippen LogP contribution in [0, 0.1) is 11.3 Å². The number of para-hydroxylation sites is 1. The number of aromatic amines is 1. The fourth-order valence-corrected chi connectivity index (χ4v) is 6.32. The van der Waals surface area contributed by atoms with Crippen LogP contribution in [0.2, 0.25) is 5.02 Å². The van der Waals surface area contributed by atoms with Crippen molar-refractivity contribution in [2.24, 2.45) is 0 Å². The molecule has 0 radical (unpaired) electrons. The summed E-state index contributed by atoms with van der Waals surface area (Å²) in [4.78, 5) is 49.3. The number of benzene rings is 2. The van der Waals surface area contributed by atoms with E-state index in [1.807, 2.05) is 6.07 Å². The van der Waals surface area contributed by atoms with E-state index in [1.54, 1.807) is 48.7 Å². The number of nitrogens with zero attached hydrogens (tertiary/aromatic N) is 5. The molecule has 3 heterocycles. The predicted molar refractivity (Wildman–Crippen MR) is 169 cm³/mol. The van der Waals surface area contributed by atoms with Gasteiger partial charge in [0.1, 0.15) is 17.9 Å². The number of nitrogens with one attached hydrogen (secondary N) is 2. The highest BCUT2D eigenvalue weighted by molar-refractivity contribution is 6.32. The van der Waals surface area contributed by atoms with Crippen molar-refractivity contribution in [3.63, 3.8) is 0 Å². The summed E-state index contributed by atoms with van der Waals surface area (Å²) in [6.07, 6.45) is 2.55. The van der Waals surface area contributed by atoms with Crippen molar-refractivity contribution >= 4 is 51.7 Å². The van der Waals surface area contributed by atoms with Crippen LogP contribution in [0.25, 0.3) is 10.9 Å². The Balaban J connectivity index is 0.00000417. The molecule has 6 rings (SSSR count). The molecule has 10 nitrogen and oxygen atoms in total. The Morgan fingerprint density at radius 2 is 1.89 bits per heavy atom. The highest BCUT2D eigenvalue weighted by atomic mass is 35.5. The van der Waals surface area contributed by atoms with Crippen molar-refractivity contribution < 1.29 is 23.2 Å². The van der Waals surface area contributed by atoms with Crippen LogP contribution in [-0.4, -0.2) is 50.9 Å². The Bertz CT molecular complexity index is 1810. The number of hydrogen-bond acceptors (Lipinski definition) is 6. The lowest BCUT2D eigenvalue weighted by Crippen LogP contribution is -2.53. The summed E-state index contributed by atoms with van der Waals surface area (Å²) >= 11 is 6.67. The van der Waals surface area contributed by atoms with Gasteiger partial charge in [-0.05, 0) is 43.5 Å². The minimum absolute atomic E-state index is 0. The normalized spacial score (nSPS) is 18.4. The van der Waals surface area contributed by atoms with Crippen molar-refractivity contribution in [3.05, 3.63) is 83.1 Å². The molecule has 2 N–H and O–H groups in total. The van der Waals surface area contributed by atoms with Gasteiger partial charge < -0.3 is 5.32 Å². The predicted octanol–water partition coefficient (Wildman–Crippen LogP) is 6.08. The molecule has 1 aliphatic carbocycles. The third kappa shape index (κ3) is 6.28. The van der Waals surface area contributed by atoms with Crippen molar-refractivity contribution in [2.45, 2.75) is 70.0 Å². The van der Waals surface area contributed by atoms with E-state index in [9.17, 15) is 28.4 Å². The molecule has 2 aromatic carbocycles. The Morgan fingerprint density at radius 1 is 1.13 bits per heavy atom. The zero-order valence-electron chi connectivity index (χ0n) is 23.9. The summed E-state index contributed by atoms with van der Waals surface area (Å²) in [5, 5.41) is 20.3. The smallest absolute Gasteiger partial charge is 0.251 e. The zero-order chi connectivity index (χ0) is 31.7. The number of amides is 3. The average Bonchev–Trinajstić information content (AvgIpc) is 3.68. The second kappa shape index (κ2) is 13.2. The molecule has 13 heteroatoms. The van der Waals surface area contributed by atoms with Crippen molar-refractivity contribution in [2.75, 3.05) is 9.80 Å². The standard InChI is InChI=1S/C32H28ClF2N7O3.CH4/c33-23-6-2-1-5-22(23)29(30(44)39-21-10-13-32(34,35)14-11-21)42(24-7-3-4-20-18-38-40-28(20)24)31(45)25-8-9-27(43)41(25)26-16-19(17-36)12-15-37-26;/h1-7,12,15-16,18,21,25,29H,8-11,13-14H2,(H,38,40)(H,39,44);1H4/t25-,29-;/m0./s1. The summed E-state index contributed by atoms with van der Waals surface area (Å²) in [5.74, 6) is -4.23. The number of carbonyl (C=O) groups is 3. The van der Waals surface area contributed by atoms with Gasteiger partial charge >= 0.3 is 0 Å². The molecule has 2 aromatic heterocycles. The number of rotatable bonds is 7. The van der Waals surface area contributed by atoms with Crippen LogP contribution in [0.5, 0.6) is 0 Å². The van der Waals surface area contributed by atoms with Crippen LogP contribution >= 0.6 is 11.6 Å². The van der Waals surface area contributed by atoms with Crippen molar-refractivity contribution in [1.82, 2.24) is 20.5 Å². The minimum Gasteiger partial charge on any atom is -0.351 e. The molecule has 2 aliphatic rings. The number of halogens is 3. The van der Waals surface area contributed by atoms with Gasteiger partial charge in [-0.25, -0.2) is 13.8 Å². The quantitative estimate of drug-likeness (QED) is 0.250. The molecule has 0 bridgehead atoms. The molecule has 238 valence electrons. The number of H-pyrrole nitrogens is 1. The van der Waals surface area contributed by atoms with Crippen LogP contribution in [0.15, 0.2) is 67.0 Å². The van der Waals surface area contributed by atoms with E-state index in [1.165, 1.54) is 28.1 Å². The fourth-order valence-electron chi connectivity index (χ4n) is 6.08. The number of hydrogen-bond donors (Lipinski definition) is 2. The number of anilines is 2. The number of pyridine rings is 1. The van der Waals surface area contributed by atoms with E-state index in [4.69, 9.17) is 11.6 Å². The van der Waals surface area contributed by atoms with E-state index in [-0.39, 0.29) is 68.3 Å². The Morgan fingerprint density at radius 3 is 2.63 bits per heavy atom. The monoisotopic (exact) mass is 647 g/mol. The van der Waals surface area contributed by atoms with Crippen LogP contribution in [0.3, 0.4) is 0 Å². The maximum atomic E-state index is 14.9. The number of fused-ring (bicyclic) bond motifs is 1. The lowest BCUT2D eigenvalue weighted by molar-refractivity contribution is -0.128. The molecule has 1 saturated heterocycles. The molecule has 3 amide bonds. The van der Waals surface area contributed by atoms with E-state index >= 15 is 0 Å². The fraction of sp³-hybridized carbons (Fsp3) is 0.333. The molecule has 2 fully saturated rings. The summed E-state index contributed by atoms with van der Waals surface area (Å²) in [6, 6.07) is 13.7. The third-order valence-electron chi connectivity index (χ3n) is 8.34. The third-order valence-corrected chi connectivity index (χ3v) is 8.68. The highest BCUT2D eigenvalue weighted by Crippen LogP contribution is 2.39. The number of alkyl halides is 2. The van der Waals surface area contributed by atoms with Crippen molar-refractivity contribution in [3.8, 4) is 6.07 Å². The molecule has 0 unspecified atom stereocenters. The van der Waals surface area contributed by atoms with Gasteiger partial charge in [0.05, 0.1) is 29.0 Å². The second-order valence-electron chi connectivity index (χ2n) is 11.2. The van der Waals surface area contributed by atoms with Gasteiger partial charge in [-0.3, -0.25) is 29.3 Å². The van der Waals surface area contributed by atoms with Crippen LogP contribution in [0.1, 0.15) is 63.1 Å². The maximum Gasteiger partial charge on any atom is 0.251 e. The summed E-state index contributed by atoms with van der Waals surface area (Å²) in [5.41, 5.74) is 1.34. The van der Waals surface area contributed by atoms with E-state index < -0.39 is 35.9 Å². The average molecular weight is 648 g/mol. The molecular formula is C33H32ClF2N7O3. The van der Waals surface area contributed by atoms with Gasteiger partial charge in [0.15, 0.2) is 0 Å². The lowest BCUT2D eigenvalue weighted by atomic mass is 9.91. The lowest BCUT2D eigenvalue weighted by Gasteiger charge is -2.37. The molecule has 4 aromatic rings. The second-order valence-corrected chi connectivity index (χ2v) is 11.6. The summed E-state index contributed by atoms with van der Waals surface area (Å²) in [7, 11) is 0. The molecular weight excluding hydrogens is 616 g/mol. The topological polar surface area (TPSA) is 135 Å². The van der Waals surface area contributed by atoms with E-state index in [2.05, 4.69) is 20.5 Å². The SMILES string of the molecule is C.N#Cc1ccnc(N2C(=O)CC[C@H]2C(=O)N(c2cccc3cn[nH]c23)[C@H](C(=O)NC2CCC(F)(F)CC2)c2ccccc2Cl)c1. The van der Waals surface area contributed by atoms with Crippen molar-refractivity contribution in [1.29, 1.82) is 5.26 Å². The van der Waals surface area contributed by atoms with E-state index in [0.29, 0.717) is 22.2 Å². The molecule has 1 saturated carbocycles. The molecule has 46 heavy (non-hydrogen) atoms.